The summed E-state index contributed by atoms with van der Waals surface area (Å²) < 4.78 is 54.0. The predicted octanol–water partition coefficient (Wildman–Crippen LogP) is 7.12. The third-order valence-corrected chi connectivity index (χ3v) is 7.18. The number of hydrogen-bond donors (Lipinski definition) is 1. The van der Waals surface area contributed by atoms with Crippen LogP contribution in [0.1, 0.15) is 23.8 Å². The number of aromatic nitrogens is 1. The zero-order chi connectivity index (χ0) is 24.1. The van der Waals surface area contributed by atoms with Crippen molar-refractivity contribution >= 4 is 32.6 Å². The van der Waals surface area contributed by atoms with E-state index in [1.807, 2.05) is 54.6 Å². The topological polar surface area (TPSA) is 59.1 Å². The molecule has 0 saturated heterocycles. The van der Waals surface area contributed by atoms with Gasteiger partial charge in [0.25, 0.3) is 10.0 Å². The van der Waals surface area contributed by atoms with E-state index in [0.29, 0.717) is 0 Å². The maximum absolute atomic E-state index is 13.4. The summed E-state index contributed by atoms with van der Waals surface area (Å²) in [4.78, 5) is 5.54. The average Bonchev–Trinajstić information content (AvgIpc) is 3.22. The van der Waals surface area contributed by atoms with Crippen LogP contribution in [0.4, 0.5) is 13.9 Å². The van der Waals surface area contributed by atoms with Gasteiger partial charge >= 0.3 is 0 Å². The highest BCUT2D eigenvalue weighted by Gasteiger charge is 2.16. The summed E-state index contributed by atoms with van der Waals surface area (Å²) in [5, 5.41) is 1.16. The standard InChI is InChI=1S/C26H22F2N2O2S2/c1-2-6-24-25(21-12-10-20(11-13-21)19-7-4-3-5-8-19)29-26(33-24)30-34(31,32)16-15-18-9-14-22(27)23(28)17-18/h3-5,7-17H,2,6H2,1H3,(H,29,30)/b16-15+. The van der Waals surface area contributed by atoms with Gasteiger partial charge in [-0.2, -0.15) is 0 Å². The SMILES string of the molecule is CCCc1sc(NS(=O)(=O)/C=C/c2ccc(F)c(F)c2)nc1-c1ccc(-c2ccccc2)cc1. The van der Waals surface area contributed by atoms with Crippen LogP contribution in [0.5, 0.6) is 0 Å². The van der Waals surface area contributed by atoms with Crippen LogP contribution in [0.2, 0.25) is 0 Å². The van der Waals surface area contributed by atoms with E-state index in [2.05, 4.69) is 16.6 Å². The minimum atomic E-state index is -3.90. The molecule has 1 N–H and O–H groups in total. The molecule has 0 atom stereocenters. The Bertz CT molecular complexity index is 1420. The highest BCUT2D eigenvalue weighted by Crippen LogP contribution is 2.34. The second kappa shape index (κ2) is 10.3. The maximum atomic E-state index is 13.4. The van der Waals surface area contributed by atoms with Gasteiger partial charge in [0.2, 0.25) is 0 Å². The molecule has 0 unspecified atom stereocenters. The minimum Gasteiger partial charge on any atom is -0.255 e. The van der Waals surface area contributed by atoms with Crippen LogP contribution >= 0.6 is 11.3 Å². The highest BCUT2D eigenvalue weighted by atomic mass is 32.2. The van der Waals surface area contributed by atoms with E-state index >= 15 is 0 Å². The Morgan fingerprint density at radius 2 is 1.59 bits per heavy atom. The van der Waals surface area contributed by atoms with Crippen LogP contribution in [0.3, 0.4) is 0 Å². The third kappa shape index (κ3) is 5.76. The van der Waals surface area contributed by atoms with E-state index in [9.17, 15) is 17.2 Å². The molecule has 4 nitrogen and oxygen atoms in total. The van der Waals surface area contributed by atoms with Gasteiger partial charge in [-0.3, -0.25) is 4.72 Å². The molecular weight excluding hydrogens is 474 g/mol. The first-order chi connectivity index (χ1) is 16.3. The van der Waals surface area contributed by atoms with Crippen LogP contribution in [-0.4, -0.2) is 13.4 Å². The number of benzene rings is 3. The van der Waals surface area contributed by atoms with Crippen molar-refractivity contribution in [2.75, 3.05) is 4.72 Å². The molecule has 4 rings (SSSR count). The Morgan fingerprint density at radius 3 is 2.26 bits per heavy atom. The first-order valence-corrected chi connectivity index (χ1v) is 13.0. The number of halogens is 2. The number of hydrogen-bond acceptors (Lipinski definition) is 4. The zero-order valence-corrected chi connectivity index (χ0v) is 20.0. The fourth-order valence-corrected chi connectivity index (χ4v) is 5.55. The molecule has 1 heterocycles. The van der Waals surface area contributed by atoms with E-state index in [1.165, 1.54) is 23.5 Å². The molecule has 0 bridgehead atoms. The summed E-state index contributed by atoms with van der Waals surface area (Å²) >= 11 is 1.29. The largest absolute Gasteiger partial charge is 0.256 e. The van der Waals surface area contributed by atoms with Crippen LogP contribution in [0.15, 0.2) is 78.2 Å². The Morgan fingerprint density at radius 1 is 0.912 bits per heavy atom. The molecule has 3 aromatic carbocycles. The van der Waals surface area contributed by atoms with Gasteiger partial charge in [-0.15, -0.1) is 11.3 Å². The van der Waals surface area contributed by atoms with Crippen molar-refractivity contribution < 1.29 is 17.2 Å². The summed E-state index contributed by atoms with van der Waals surface area (Å²) in [5.41, 5.74) is 4.08. The molecule has 0 aliphatic rings. The lowest BCUT2D eigenvalue weighted by atomic mass is 10.0. The monoisotopic (exact) mass is 496 g/mol. The van der Waals surface area contributed by atoms with E-state index in [1.54, 1.807) is 0 Å². The zero-order valence-electron chi connectivity index (χ0n) is 18.3. The molecule has 0 aliphatic carbocycles. The quantitative estimate of drug-likeness (QED) is 0.283. The van der Waals surface area contributed by atoms with Crippen LogP contribution in [-0.2, 0) is 16.4 Å². The second-order valence-corrected chi connectivity index (χ2v) is 10.3. The molecule has 1 aromatic heterocycles. The maximum Gasteiger partial charge on any atom is 0.256 e. The van der Waals surface area contributed by atoms with Gasteiger partial charge in [0.05, 0.1) is 11.1 Å². The first kappa shape index (κ1) is 23.8. The Balaban J connectivity index is 1.57. The molecule has 0 saturated carbocycles. The minimum absolute atomic E-state index is 0.231. The van der Waals surface area contributed by atoms with E-state index in [0.717, 1.165) is 57.6 Å². The molecule has 0 aliphatic heterocycles. The van der Waals surface area contributed by atoms with Crippen molar-refractivity contribution in [1.29, 1.82) is 0 Å². The van der Waals surface area contributed by atoms with E-state index < -0.39 is 21.7 Å². The lowest BCUT2D eigenvalue weighted by Crippen LogP contribution is -2.08. The highest BCUT2D eigenvalue weighted by molar-refractivity contribution is 7.95. The Kier molecular flexibility index (Phi) is 7.19. The Hall–Kier alpha value is -3.36. The van der Waals surface area contributed by atoms with Crippen molar-refractivity contribution in [3.05, 3.63) is 100 Å². The van der Waals surface area contributed by atoms with Gasteiger partial charge in [0, 0.05) is 10.4 Å². The summed E-state index contributed by atoms with van der Waals surface area (Å²) in [7, 11) is -3.90. The van der Waals surface area contributed by atoms with E-state index in [-0.39, 0.29) is 10.7 Å². The van der Waals surface area contributed by atoms with Crippen LogP contribution < -0.4 is 4.72 Å². The summed E-state index contributed by atoms with van der Waals surface area (Å²) in [6, 6.07) is 21.2. The molecule has 8 heteroatoms. The van der Waals surface area contributed by atoms with Crippen LogP contribution in [0, 0.1) is 11.6 Å². The van der Waals surface area contributed by atoms with Crippen molar-refractivity contribution in [3.8, 4) is 22.4 Å². The van der Waals surface area contributed by atoms with Crippen molar-refractivity contribution in [1.82, 2.24) is 4.98 Å². The second-order valence-electron chi connectivity index (χ2n) is 7.61. The Labute approximate surface area is 201 Å². The number of nitrogens with zero attached hydrogens (tertiary/aromatic N) is 1. The lowest BCUT2D eigenvalue weighted by Gasteiger charge is -2.05. The fraction of sp³-hybridized carbons (Fsp3) is 0.115. The van der Waals surface area contributed by atoms with Crippen molar-refractivity contribution in [2.24, 2.45) is 0 Å². The molecule has 0 radical (unpaired) electrons. The number of nitrogens with one attached hydrogen (secondary N) is 1. The number of thiazole rings is 1. The number of aryl methyl sites for hydroxylation is 1. The van der Waals surface area contributed by atoms with Gasteiger partial charge in [0.15, 0.2) is 16.8 Å². The third-order valence-electron chi connectivity index (χ3n) is 5.05. The van der Waals surface area contributed by atoms with Gasteiger partial charge in [-0.1, -0.05) is 74.0 Å². The molecule has 0 amide bonds. The summed E-state index contributed by atoms with van der Waals surface area (Å²) in [5.74, 6) is -2.03. The molecule has 34 heavy (non-hydrogen) atoms. The number of sulfonamides is 1. The summed E-state index contributed by atoms with van der Waals surface area (Å²) in [6.45, 7) is 2.05. The molecule has 0 spiro atoms. The first-order valence-electron chi connectivity index (χ1n) is 10.7. The average molecular weight is 497 g/mol. The lowest BCUT2D eigenvalue weighted by molar-refractivity contribution is 0.508. The van der Waals surface area contributed by atoms with Gasteiger partial charge in [-0.25, -0.2) is 22.2 Å². The van der Waals surface area contributed by atoms with Crippen molar-refractivity contribution in [2.45, 2.75) is 19.8 Å². The smallest absolute Gasteiger partial charge is 0.255 e. The molecule has 174 valence electrons. The molecular formula is C26H22F2N2O2S2. The molecule has 0 fully saturated rings. The van der Waals surface area contributed by atoms with E-state index in [4.69, 9.17) is 0 Å². The number of anilines is 1. The number of rotatable bonds is 8. The summed E-state index contributed by atoms with van der Waals surface area (Å²) in [6.07, 6.45) is 2.86. The molecule has 4 aromatic rings. The van der Waals surface area contributed by atoms with Crippen LogP contribution in [0.25, 0.3) is 28.5 Å². The predicted molar refractivity (Wildman–Crippen MR) is 135 cm³/mol. The normalized spacial score (nSPS) is 11.7. The fourth-order valence-electron chi connectivity index (χ4n) is 3.41. The van der Waals surface area contributed by atoms with Gasteiger partial charge in [-0.05, 0) is 41.3 Å². The van der Waals surface area contributed by atoms with Gasteiger partial charge in [0.1, 0.15) is 0 Å². The van der Waals surface area contributed by atoms with Crippen molar-refractivity contribution in [3.63, 3.8) is 0 Å². The van der Waals surface area contributed by atoms with Gasteiger partial charge < -0.3 is 0 Å².